The summed E-state index contributed by atoms with van der Waals surface area (Å²) in [6.07, 6.45) is 8.13. The second kappa shape index (κ2) is 4.96. The smallest absolute Gasteiger partial charge is 0.281 e. The highest BCUT2D eigenvalue weighted by atomic mass is 16.5. The largest absolute Gasteiger partial charge is 0.623 e. The van der Waals surface area contributed by atoms with Gasteiger partial charge in [-0.15, -0.1) is 0 Å². The summed E-state index contributed by atoms with van der Waals surface area (Å²) in [7, 11) is 0. The molecule has 0 atom stereocenters. The lowest BCUT2D eigenvalue weighted by molar-refractivity contribution is -0.610. The van der Waals surface area contributed by atoms with Crippen molar-refractivity contribution < 1.29 is 9.47 Å². The lowest BCUT2D eigenvalue weighted by atomic mass is 9.96. The van der Waals surface area contributed by atoms with Crippen molar-refractivity contribution in [2.24, 2.45) is 0 Å². The van der Waals surface area contributed by atoms with Crippen LogP contribution in [0.25, 0.3) is 0 Å². The molecule has 0 saturated heterocycles. The molecule has 1 fully saturated rings. The van der Waals surface area contributed by atoms with Crippen LogP contribution in [-0.2, 0) is 0 Å². The summed E-state index contributed by atoms with van der Waals surface area (Å²) in [6.45, 7) is 0. The van der Waals surface area contributed by atoms with E-state index in [2.05, 4.69) is 0 Å². The van der Waals surface area contributed by atoms with Gasteiger partial charge in [-0.05, 0) is 18.9 Å². The van der Waals surface area contributed by atoms with Gasteiger partial charge in [0.1, 0.15) is 0 Å². The van der Waals surface area contributed by atoms with Crippen LogP contribution in [0.5, 0.6) is 0 Å². The Morgan fingerprint density at radius 2 is 2.00 bits per heavy atom. The summed E-state index contributed by atoms with van der Waals surface area (Å²) in [5.41, 5.74) is 0.406. The lowest BCUT2D eigenvalue weighted by Crippen LogP contribution is -2.34. The average Bonchev–Trinajstić information content (AvgIpc) is 2.33. The van der Waals surface area contributed by atoms with E-state index in [4.69, 9.17) is 0 Å². The van der Waals surface area contributed by atoms with Crippen LogP contribution in [0.3, 0.4) is 0 Å². The van der Waals surface area contributed by atoms with Crippen LogP contribution < -0.4 is 4.73 Å². The molecular formula is C12H16N2O2. The highest BCUT2D eigenvalue weighted by Gasteiger charge is 2.20. The van der Waals surface area contributed by atoms with E-state index in [1.807, 2.05) is 0 Å². The normalized spacial score (nSPS) is 18.6. The van der Waals surface area contributed by atoms with Crippen molar-refractivity contribution in [2.75, 3.05) is 0 Å². The number of hydrogen-bond acceptors (Lipinski definition) is 2. The molecule has 1 aromatic heterocycles. The number of hydrogen-bond donors (Lipinski definition) is 0. The van der Waals surface area contributed by atoms with Crippen molar-refractivity contribution in [3.63, 3.8) is 0 Å². The molecular weight excluding hydrogens is 204 g/mol. The molecule has 0 radical (unpaired) electrons. The predicted molar refractivity (Wildman–Crippen MR) is 61.1 cm³/mol. The van der Waals surface area contributed by atoms with E-state index in [0.717, 1.165) is 30.4 Å². The lowest BCUT2D eigenvalue weighted by Gasteiger charge is -2.20. The molecule has 0 aliphatic heterocycles. The first-order valence-corrected chi connectivity index (χ1v) is 5.76. The molecule has 0 amide bonds. The molecule has 4 heteroatoms. The standard InChI is InChI=1S/C12H16N2O2/c15-13-9-5-4-8-12(13)10-14(16)11-6-2-1-3-7-11/h4-5,8-11H,1-3,6-7H2/b14-10-. The van der Waals surface area contributed by atoms with Crippen LogP contribution >= 0.6 is 0 Å². The van der Waals surface area contributed by atoms with Crippen molar-refractivity contribution in [3.8, 4) is 0 Å². The van der Waals surface area contributed by atoms with Gasteiger partial charge in [0.05, 0.1) is 0 Å². The Morgan fingerprint density at radius 1 is 1.25 bits per heavy atom. The molecule has 86 valence electrons. The topological polar surface area (TPSA) is 53.0 Å². The second-order valence-corrected chi connectivity index (χ2v) is 4.23. The zero-order chi connectivity index (χ0) is 11.4. The molecule has 0 unspecified atom stereocenters. The Morgan fingerprint density at radius 3 is 2.69 bits per heavy atom. The zero-order valence-electron chi connectivity index (χ0n) is 9.21. The average molecular weight is 220 g/mol. The van der Waals surface area contributed by atoms with Crippen LogP contribution in [0, 0.1) is 10.4 Å². The molecule has 2 rings (SSSR count). The van der Waals surface area contributed by atoms with Gasteiger partial charge in [0, 0.05) is 25.0 Å². The Labute approximate surface area is 95.0 Å². The van der Waals surface area contributed by atoms with E-state index in [-0.39, 0.29) is 6.04 Å². The predicted octanol–water partition coefficient (Wildman–Crippen LogP) is 1.58. The van der Waals surface area contributed by atoms with Gasteiger partial charge in [0.25, 0.3) is 5.69 Å². The van der Waals surface area contributed by atoms with Crippen molar-refractivity contribution in [2.45, 2.75) is 38.1 Å². The SMILES string of the molecule is [O-]/[N+](=C\c1cccc[n+]1[O-])C1CCCCC1. The van der Waals surface area contributed by atoms with Gasteiger partial charge >= 0.3 is 0 Å². The van der Waals surface area contributed by atoms with Crippen LogP contribution in [-0.4, -0.2) is 17.0 Å². The van der Waals surface area contributed by atoms with E-state index in [9.17, 15) is 10.4 Å². The molecule has 0 aromatic carbocycles. The Bertz CT molecular complexity index is 384. The minimum atomic E-state index is 0.0500. The third kappa shape index (κ3) is 2.51. The summed E-state index contributed by atoms with van der Waals surface area (Å²) >= 11 is 0. The molecule has 1 aliphatic carbocycles. The zero-order valence-corrected chi connectivity index (χ0v) is 9.21. The van der Waals surface area contributed by atoms with Crippen molar-refractivity contribution in [3.05, 3.63) is 40.5 Å². The maximum absolute atomic E-state index is 11.8. The molecule has 4 nitrogen and oxygen atoms in total. The summed E-state index contributed by atoms with van der Waals surface area (Å²) < 4.78 is 1.66. The van der Waals surface area contributed by atoms with E-state index in [1.165, 1.54) is 18.8 Å². The Kier molecular flexibility index (Phi) is 3.39. The summed E-state index contributed by atoms with van der Waals surface area (Å²) in [6, 6.07) is 5.12. The Hall–Kier alpha value is -1.58. The Balaban J connectivity index is 2.13. The van der Waals surface area contributed by atoms with Crippen molar-refractivity contribution in [1.29, 1.82) is 0 Å². The molecule has 1 aliphatic rings. The molecule has 16 heavy (non-hydrogen) atoms. The third-order valence-corrected chi connectivity index (χ3v) is 3.05. The molecule has 1 heterocycles. The van der Waals surface area contributed by atoms with E-state index >= 15 is 0 Å². The van der Waals surface area contributed by atoms with Gasteiger partial charge in [0.2, 0.25) is 6.21 Å². The summed E-state index contributed by atoms with van der Waals surface area (Å²) in [5, 5.41) is 23.2. The van der Waals surface area contributed by atoms with Crippen molar-refractivity contribution >= 4 is 6.21 Å². The monoisotopic (exact) mass is 220 g/mol. The minimum Gasteiger partial charge on any atom is -0.623 e. The van der Waals surface area contributed by atoms with Crippen molar-refractivity contribution in [1.82, 2.24) is 0 Å². The molecule has 0 spiro atoms. The van der Waals surface area contributed by atoms with Gasteiger partial charge < -0.3 is 10.4 Å². The molecule has 0 N–H and O–H groups in total. The van der Waals surface area contributed by atoms with E-state index < -0.39 is 0 Å². The molecule has 1 saturated carbocycles. The summed E-state index contributed by atoms with van der Waals surface area (Å²) in [4.78, 5) is 0. The number of pyridine rings is 1. The van der Waals surface area contributed by atoms with Gasteiger partial charge in [-0.1, -0.05) is 6.42 Å². The third-order valence-electron chi connectivity index (χ3n) is 3.05. The summed E-state index contributed by atoms with van der Waals surface area (Å²) in [5.74, 6) is 0. The van der Waals surface area contributed by atoms with Gasteiger partial charge in [-0.3, -0.25) is 0 Å². The van der Waals surface area contributed by atoms with Gasteiger partial charge in [-0.2, -0.15) is 4.73 Å². The van der Waals surface area contributed by atoms with E-state index in [0.29, 0.717) is 10.4 Å². The molecule has 0 bridgehead atoms. The fourth-order valence-corrected chi connectivity index (χ4v) is 2.11. The second-order valence-electron chi connectivity index (χ2n) is 4.23. The number of rotatable bonds is 2. The van der Waals surface area contributed by atoms with Gasteiger partial charge in [0.15, 0.2) is 12.2 Å². The van der Waals surface area contributed by atoms with Crippen LogP contribution in [0.1, 0.15) is 37.8 Å². The highest BCUT2D eigenvalue weighted by Crippen LogP contribution is 2.19. The fraction of sp³-hybridized carbons (Fsp3) is 0.500. The van der Waals surface area contributed by atoms with E-state index in [1.54, 1.807) is 18.2 Å². The van der Waals surface area contributed by atoms with Crippen LogP contribution in [0.15, 0.2) is 24.4 Å². The maximum Gasteiger partial charge on any atom is 0.281 e. The first-order valence-electron chi connectivity index (χ1n) is 5.76. The van der Waals surface area contributed by atoms with Gasteiger partial charge in [-0.25, -0.2) is 4.74 Å². The number of nitrogens with zero attached hydrogens (tertiary/aromatic N) is 2. The van der Waals surface area contributed by atoms with Crippen LogP contribution in [0.2, 0.25) is 0 Å². The maximum atomic E-state index is 11.8. The quantitative estimate of drug-likeness (QED) is 0.329. The number of hydroxylamine groups is 1. The first kappa shape index (κ1) is 10.9. The minimum absolute atomic E-state index is 0.0500. The highest BCUT2D eigenvalue weighted by molar-refractivity contribution is 5.70. The fourth-order valence-electron chi connectivity index (χ4n) is 2.11. The first-order chi connectivity index (χ1) is 7.77. The number of aromatic nitrogens is 1. The molecule has 1 aromatic rings. The van der Waals surface area contributed by atoms with Crippen LogP contribution in [0.4, 0.5) is 0 Å².